The quantitative estimate of drug-likeness (QED) is 0.378. The lowest BCUT2D eigenvalue weighted by Gasteiger charge is -2.32. The van der Waals surface area contributed by atoms with Gasteiger partial charge in [0.25, 0.3) is 0 Å². The Bertz CT molecular complexity index is 1410. The maximum atomic E-state index is 14.4. The molecule has 0 aliphatic carbocycles. The monoisotopic (exact) mass is 528 g/mol. The molecule has 5 rings (SSSR count). The molecule has 8 heteroatoms. The van der Waals surface area contributed by atoms with Crippen molar-refractivity contribution in [2.75, 3.05) is 12.0 Å². The number of phenols is 1. The summed E-state index contributed by atoms with van der Waals surface area (Å²) in [6.45, 7) is 3.94. The van der Waals surface area contributed by atoms with Crippen LogP contribution in [-0.4, -0.2) is 40.6 Å². The summed E-state index contributed by atoms with van der Waals surface area (Å²) in [5, 5.41) is 23.8. The first-order chi connectivity index (χ1) is 18.8. The first-order valence-corrected chi connectivity index (χ1v) is 13.2. The number of nitrogens with zero attached hydrogens (tertiary/aromatic N) is 1. The van der Waals surface area contributed by atoms with Gasteiger partial charge in [0.1, 0.15) is 17.0 Å². The number of fused-ring (bicyclic) bond motifs is 1. The second-order valence-electron chi connectivity index (χ2n) is 10.1. The van der Waals surface area contributed by atoms with Crippen molar-refractivity contribution in [1.82, 2.24) is 5.32 Å². The normalized spacial score (nSPS) is 24.2. The van der Waals surface area contributed by atoms with Gasteiger partial charge in [-0.1, -0.05) is 62.4 Å². The van der Waals surface area contributed by atoms with Crippen LogP contribution in [0.25, 0.3) is 0 Å². The molecule has 0 bridgehead atoms. The van der Waals surface area contributed by atoms with E-state index in [0.717, 1.165) is 11.1 Å². The molecule has 0 radical (unpaired) electrons. The minimum atomic E-state index is -1.78. The molecule has 2 saturated heterocycles. The maximum absolute atomic E-state index is 14.4. The van der Waals surface area contributed by atoms with Crippen LogP contribution >= 0.6 is 0 Å². The number of carbonyl (C=O) groups excluding carboxylic acids is 2. The minimum absolute atomic E-state index is 0.0499. The largest absolute Gasteiger partial charge is 0.508 e. The first kappa shape index (κ1) is 26.4. The Balaban J connectivity index is 1.72. The molecule has 2 heterocycles. The molecule has 2 aliphatic rings. The highest BCUT2D eigenvalue weighted by Crippen LogP contribution is 2.53. The van der Waals surface area contributed by atoms with Gasteiger partial charge >= 0.3 is 5.97 Å². The van der Waals surface area contributed by atoms with E-state index in [1.807, 2.05) is 32.0 Å². The third-order valence-electron chi connectivity index (χ3n) is 8.12. The number of para-hydroxylation sites is 2. The van der Waals surface area contributed by atoms with Crippen molar-refractivity contribution in [2.45, 2.75) is 44.7 Å². The fourth-order valence-corrected chi connectivity index (χ4v) is 6.29. The first-order valence-electron chi connectivity index (χ1n) is 13.2. The minimum Gasteiger partial charge on any atom is -0.508 e. The molecule has 8 nitrogen and oxygen atoms in total. The van der Waals surface area contributed by atoms with Gasteiger partial charge in [0.05, 0.1) is 24.6 Å². The predicted molar refractivity (Wildman–Crippen MR) is 146 cm³/mol. The molecular formula is C31H32N2O6. The van der Waals surface area contributed by atoms with Gasteiger partial charge in [-0.3, -0.25) is 19.7 Å². The Hall–Kier alpha value is -4.17. The topological polar surface area (TPSA) is 116 Å². The molecule has 3 aromatic carbocycles. The van der Waals surface area contributed by atoms with Gasteiger partial charge < -0.3 is 14.9 Å². The maximum Gasteiger partial charge on any atom is 0.325 e. The van der Waals surface area contributed by atoms with Gasteiger partial charge in [-0.15, -0.1) is 0 Å². The van der Waals surface area contributed by atoms with E-state index in [-0.39, 0.29) is 12.2 Å². The van der Waals surface area contributed by atoms with Crippen LogP contribution in [0.1, 0.15) is 42.1 Å². The van der Waals surface area contributed by atoms with Crippen molar-refractivity contribution < 1.29 is 29.3 Å². The highest BCUT2D eigenvalue weighted by molar-refractivity contribution is 6.25. The number of rotatable bonds is 8. The molecule has 4 atom stereocenters. The standard InChI is InChI=1S/C31H32N2O6/c1-4-19-9-8-10-20(5-2)27(19)33-28(35)24-25(29(33)36)31(30(37)38,17-18-13-15-21(34)16-14-18)32-26(24)22-11-6-7-12-23(22)39-3/h6-16,24-26,32,34H,4-5,17H2,1-3H3,(H,37,38). The number of ether oxygens (including phenoxy) is 1. The van der Waals surface area contributed by atoms with Crippen molar-refractivity contribution in [3.8, 4) is 11.5 Å². The van der Waals surface area contributed by atoms with Crippen LogP contribution in [0.15, 0.2) is 66.7 Å². The number of aryl methyl sites for hydroxylation is 2. The number of nitrogens with one attached hydrogen (secondary N) is 1. The van der Waals surface area contributed by atoms with E-state index in [4.69, 9.17) is 4.74 Å². The van der Waals surface area contributed by atoms with E-state index in [1.54, 1.807) is 36.4 Å². The summed E-state index contributed by atoms with van der Waals surface area (Å²) >= 11 is 0. The summed E-state index contributed by atoms with van der Waals surface area (Å²) in [6.07, 6.45) is 1.17. The lowest BCUT2D eigenvalue weighted by Crippen LogP contribution is -2.57. The Morgan fingerprint density at radius 2 is 1.59 bits per heavy atom. The zero-order chi connectivity index (χ0) is 27.9. The molecule has 0 spiro atoms. The Morgan fingerprint density at radius 3 is 2.18 bits per heavy atom. The van der Waals surface area contributed by atoms with Gasteiger partial charge in [0.2, 0.25) is 11.8 Å². The van der Waals surface area contributed by atoms with Crippen LogP contribution in [0.3, 0.4) is 0 Å². The third kappa shape index (κ3) is 4.15. The van der Waals surface area contributed by atoms with E-state index in [1.165, 1.54) is 24.1 Å². The number of amides is 2. The second-order valence-corrected chi connectivity index (χ2v) is 10.1. The Labute approximate surface area is 227 Å². The number of benzene rings is 3. The molecular weight excluding hydrogens is 496 g/mol. The van der Waals surface area contributed by atoms with Crippen LogP contribution in [0.5, 0.6) is 11.5 Å². The SMILES string of the molecule is CCc1cccc(CC)c1N1C(=O)C2C(c3ccccc3OC)NC(Cc3ccc(O)cc3)(C(=O)O)C2C1=O. The summed E-state index contributed by atoms with van der Waals surface area (Å²) in [7, 11) is 1.52. The van der Waals surface area contributed by atoms with E-state index in [0.29, 0.717) is 35.4 Å². The predicted octanol–water partition coefficient (Wildman–Crippen LogP) is 4.04. The summed E-state index contributed by atoms with van der Waals surface area (Å²) in [4.78, 5) is 43.1. The number of phenolic OH excluding ortho intramolecular Hbond substituents is 1. The Kier molecular flexibility index (Phi) is 6.91. The van der Waals surface area contributed by atoms with Crippen LogP contribution in [0.2, 0.25) is 0 Å². The number of carboxylic acid groups (broad SMARTS) is 1. The van der Waals surface area contributed by atoms with E-state index in [2.05, 4.69) is 5.32 Å². The summed E-state index contributed by atoms with van der Waals surface area (Å²) in [5.41, 5.74) is 1.74. The number of methoxy groups -OCH3 is 1. The van der Waals surface area contributed by atoms with Crippen molar-refractivity contribution in [2.24, 2.45) is 11.8 Å². The summed E-state index contributed by atoms with van der Waals surface area (Å²) in [6, 6.07) is 18.3. The van der Waals surface area contributed by atoms with Crippen molar-refractivity contribution >= 4 is 23.5 Å². The molecule has 3 aromatic rings. The molecule has 0 saturated carbocycles. The van der Waals surface area contributed by atoms with E-state index in [9.17, 15) is 24.6 Å². The van der Waals surface area contributed by atoms with E-state index < -0.39 is 41.2 Å². The molecule has 39 heavy (non-hydrogen) atoms. The number of hydrogen-bond acceptors (Lipinski definition) is 6. The number of hydrogen-bond donors (Lipinski definition) is 3. The number of aliphatic carboxylic acids is 1. The summed E-state index contributed by atoms with van der Waals surface area (Å²) < 4.78 is 5.59. The van der Waals surface area contributed by atoms with Crippen molar-refractivity contribution in [1.29, 1.82) is 0 Å². The van der Waals surface area contributed by atoms with Gasteiger partial charge in [-0.05, 0) is 47.7 Å². The molecule has 4 unspecified atom stereocenters. The molecule has 2 fully saturated rings. The number of aromatic hydroxyl groups is 1. The van der Waals surface area contributed by atoms with E-state index >= 15 is 0 Å². The van der Waals surface area contributed by atoms with Gasteiger partial charge in [-0.2, -0.15) is 0 Å². The lowest BCUT2D eigenvalue weighted by molar-refractivity contribution is -0.148. The average Bonchev–Trinajstić information content (AvgIpc) is 3.42. The average molecular weight is 529 g/mol. The van der Waals surface area contributed by atoms with Gasteiger partial charge in [0, 0.05) is 18.0 Å². The second kappa shape index (κ2) is 10.2. The van der Waals surface area contributed by atoms with Crippen molar-refractivity contribution in [3.05, 3.63) is 89.0 Å². The van der Waals surface area contributed by atoms with Crippen LogP contribution in [-0.2, 0) is 33.6 Å². The van der Waals surface area contributed by atoms with Crippen LogP contribution in [0, 0.1) is 11.8 Å². The fourth-order valence-electron chi connectivity index (χ4n) is 6.29. The van der Waals surface area contributed by atoms with Crippen LogP contribution < -0.4 is 15.0 Å². The fraction of sp³-hybridized carbons (Fsp3) is 0.323. The van der Waals surface area contributed by atoms with Gasteiger partial charge in [0.15, 0.2) is 0 Å². The summed E-state index contributed by atoms with van der Waals surface area (Å²) in [5.74, 6) is -3.73. The lowest BCUT2D eigenvalue weighted by atomic mass is 9.76. The molecule has 2 amide bonds. The number of imide groups is 1. The van der Waals surface area contributed by atoms with Crippen LogP contribution in [0.4, 0.5) is 5.69 Å². The number of carboxylic acids is 1. The number of anilines is 1. The third-order valence-corrected chi connectivity index (χ3v) is 8.12. The zero-order valence-electron chi connectivity index (χ0n) is 22.2. The molecule has 202 valence electrons. The number of carbonyl (C=O) groups is 3. The molecule has 2 aliphatic heterocycles. The van der Waals surface area contributed by atoms with Crippen molar-refractivity contribution in [3.63, 3.8) is 0 Å². The molecule has 0 aromatic heterocycles. The smallest absolute Gasteiger partial charge is 0.325 e. The Morgan fingerprint density at radius 1 is 0.949 bits per heavy atom. The highest BCUT2D eigenvalue weighted by Gasteiger charge is 2.69. The van der Waals surface area contributed by atoms with Gasteiger partial charge in [-0.25, -0.2) is 4.90 Å². The zero-order valence-corrected chi connectivity index (χ0v) is 22.2. The molecule has 3 N–H and O–H groups in total. The highest BCUT2D eigenvalue weighted by atomic mass is 16.5.